The lowest BCUT2D eigenvalue weighted by Crippen LogP contribution is -2.49. The summed E-state index contributed by atoms with van der Waals surface area (Å²) in [5.74, 6) is -2.53. The van der Waals surface area contributed by atoms with Crippen LogP contribution in [0.1, 0.15) is 51.9 Å². The summed E-state index contributed by atoms with van der Waals surface area (Å²) in [6.07, 6.45) is 4.52. The van der Waals surface area contributed by atoms with Crippen LogP contribution >= 0.6 is 0 Å². The number of ether oxygens (including phenoxy) is 1. The van der Waals surface area contributed by atoms with E-state index in [4.69, 9.17) is 4.74 Å². The first-order valence-electron chi connectivity index (χ1n) is 13.2. The molecular formula is C28H30F2N6O2. The monoisotopic (exact) mass is 520 g/mol. The number of nitrogens with zero attached hydrogens (tertiary/aromatic N) is 5. The summed E-state index contributed by atoms with van der Waals surface area (Å²) in [5, 5.41) is 11.3. The summed E-state index contributed by atoms with van der Waals surface area (Å²) in [6.45, 7) is 2.54. The number of fused-ring (bicyclic) bond motifs is 1. The summed E-state index contributed by atoms with van der Waals surface area (Å²) in [5.41, 5.74) is 3.80. The van der Waals surface area contributed by atoms with Crippen molar-refractivity contribution in [3.05, 3.63) is 71.1 Å². The van der Waals surface area contributed by atoms with Gasteiger partial charge in [-0.1, -0.05) is 12.1 Å². The molecule has 2 aliphatic carbocycles. The van der Waals surface area contributed by atoms with Crippen LogP contribution in [0.5, 0.6) is 0 Å². The number of rotatable bonds is 8. The van der Waals surface area contributed by atoms with Crippen LogP contribution in [0, 0.1) is 11.8 Å². The molecule has 0 radical (unpaired) electrons. The second kappa shape index (κ2) is 8.64. The van der Waals surface area contributed by atoms with Gasteiger partial charge in [-0.05, 0) is 48.2 Å². The van der Waals surface area contributed by atoms with Crippen LogP contribution < -0.4 is 5.32 Å². The highest BCUT2D eigenvalue weighted by atomic mass is 19.3. The standard InChI is InChI=1S/C28H30F2N6O2/c1-35-16-31-34-25(35)10-27(14-38-15-27)19-3-2-4-20(9-19)32-26(37)24-8-17(7-23(33-24)18-5-6-18)11-36-12-21-22(13-36)28(21,29)30/h2-4,7-9,16,18,21-22H,5-6,10-15H2,1H3,(H,32,37)/t21-,22+. The van der Waals surface area contributed by atoms with Crippen molar-refractivity contribution in [3.63, 3.8) is 0 Å². The van der Waals surface area contributed by atoms with Gasteiger partial charge in [0, 0.05) is 67.7 Å². The van der Waals surface area contributed by atoms with Gasteiger partial charge < -0.3 is 14.6 Å². The van der Waals surface area contributed by atoms with Crippen molar-refractivity contribution in [2.45, 2.75) is 43.1 Å². The molecule has 4 fully saturated rings. The number of carbonyl (C=O) groups is 1. The van der Waals surface area contributed by atoms with E-state index in [2.05, 4.69) is 31.5 Å². The zero-order chi connectivity index (χ0) is 26.1. The number of amides is 1. The van der Waals surface area contributed by atoms with Gasteiger partial charge in [-0.15, -0.1) is 10.2 Å². The minimum absolute atomic E-state index is 0.216. The maximum Gasteiger partial charge on any atom is 0.274 e. The number of alkyl halides is 2. The highest BCUT2D eigenvalue weighted by molar-refractivity contribution is 6.03. The lowest BCUT2D eigenvalue weighted by molar-refractivity contribution is -0.0610. The van der Waals surface area contributed by atoms with Crippen molar-refractivity contribution in [3.8, 4) is 0 Å². The zero-order valence-corrected chi connectivity index (χ0v) is 21.2. The highest BCUT2D eigenvalue weighted by Crippen LogP contribution is 2.59. The quantitative estimate of drug-likeness (QED) is 0.489. The number of aryl methyl sites for hydroxylation is 1. The zero-order valence-electron chi connectivity index (χ0n) is 21.2. The molecule has 3 aromatic rings. The fraction of sp³-hybridized carbons (Fsp3) is 0.500. The van der Waals surface area contributed by atoms with Crippen molar-refractivity contribution in [1.82, 2.24) is 24.6 Å². The van der Waals surface area contributed by atoms with E-state index < -0.39 is 17.8 Å². The Hall–Kier alpha value is -3.24. The Morgan fingerprint density at radius 3 is 2.61 bits per heavy atom. The predicted octanol–water partition coefficient (Wildman–Crippen LogP) is 3.55. The SMILES string of the molecule is Cn1cnnc1CC1(c2cccc(NC(=O)c3cc(CN4C[C@@H]5[C@H](C4)C5(F)F)cc(C4CC4)n3)c2)COC1. The van der Waals surface area contributed by atoms with Gasteiger partial charge in [0.1, 0.15) is 17.8 Å². The molecule has 2 aromatic heterocycles. The lowest BCUT2D eigenvalue weighted by Gasteiger charge is -2.41. The Bertz CT molecular complexity index is 1390. The summed E-state index contributed by atoms with van der Waals surface area (Å²) >= 11 is 0. The number of piperidine rings is 1. The summed E-state index contributed by atoms with van der Waals surface area (Å²) in [7, 11) is 1.93. The average Bonchev–Trinajstić information content (AvgIpc) is 3.67. The molecule has 4 heterocycles. The van der Waals surface area contributed by atoms with Crippen molar-refractivity contribution in [2.24, 2.45) is 18.9 Å². The number of benzene rings is 1. The predicted molar refractivity (Wildman–Crippen MR) is 135 cm³/mol. The largest absolute Gasteiger partial charge is 0.379 e. The molecule has 4 aliphatic rings. The van der Waals surface area contributed by atoms with Crippen LogP contribution in [0.3, 0.4) is 0 Å². The molecule has 2 aliphatic heterocycles. The smallest absolute Gasteiger partial charge is 0.274 e. The first-order valence-corrected chi connectivity index (χ1v) is 13.2. The van der Waals surface area contributed by atoms with E-state index in [1.54, 1.807) is 6.33 Å². The van der Waals surface area contributed by atoms with Crippen molar-refractivity contribution in [2.75, 3.05) is 31.6 Å². The van der Waals surface area contributed by atoms with Gasteiger partial charge in [0.25, 0.3) is 11.8 Å². The van der Waals surface area contributed by atoms with E-state index in [0.29, 0.717) is 56.6 Å². The lowest BCUT2D eigenvalue weighted by atomic mass is 9.75. The molecule has 1 amide bonds. The fourth-order valence-corrected chi connectivity index (χ4v) is 5.99. The Morgan fingerprint density at radius 1 is 1.16 bits per heavy atom. The molecule has 8 nitrogen and oxygen atoms in total. The maximum atomic E-state index is 13.6. The van der Waals surface area contributed by atoms with Gasteiger partial charge in [-0.3, -0.25) is 9.69 Å². The van der Waals surface area contributed by atoms with Gasteiger partial charge in [-0.25, -0.2) is 13.8 Å². The number of aromatic nitrogens is 4. The molecule has 0 bridgehead atoms. The van der Waals surface area contributed by atoms with Crippen molar-refractivity contribution in [1.29, 1.82) is 0 Å². The molecular weight excluding hydrogens is 490 g/mol. The molecule has 1 N–H and O–H groups in total. The van der Waals surface area contributed by atoms with Crippen LogP contribution in [0.2, 0.25) is 0 Å². The van der Waals surface area contributed by atoms with E-state index in [-0.39, 0.29) is 11.3 Å². The van der Waals surface area contributed by atoms with Crippen LogP contribution in [-0.4, -0.2) is 62.8 Å². The Morgan fingerprint density at radius 2 is 1.95 bits per heavy atom. The molecule has 0 unspecified atom stereocenters. The number of carbonyl (C=O) groups excluding carboxylic acids is 1. The van der Waals surface area contributed by atoms with E-state index in [1.165, 1.54) is 0 Å². The van der Waals surface area contributed by atoms with E-state index in [1.807, 2.05) is 41.9 Å². The van der Waals surface area contributed by atoms with Gasteiger partial charge in [0.15, 0.2) is 0 Å². The number of nitrogens with one attached hydrogen (secondary N) is 1. The molecule has 2 saturated carbocycles. The van der Waals surface area contributed by atoms with Gasteiger partial charge in [-0.2, -0.15) is 0 Å². The summed E-state index contributed by atoms with van der Waals surface area (Å²) in [4.78, 5) is 20.1. The van der Waals surface area contributed by atoms with Crippen molar-refractivity contribution < 1.29 is 18.3 Å². The molecule has 2 atom stereocenters. The number of anilines is 1. The first kappa shape index (κ1) is 23.8. The van der Waals surface area contributed by atoms with Gasteiger partial charge >= 0.3 is 0 Å². The molecule has 1 aromatic carbocycles. The normalized spacial score (nSPS) is 25.0. The molecule has 2 saturated heterocycles. The minimum Gasteiger partial charge on any atom is -0.379 e. The summed E-state index contributed by atoms with van der Waals surface area (Å²) < 4.78 is 34.8. The third-order valence-electron chi connectivity index (χ3n) is 8.61. The summed E-state index contributed by atoms with van der Waals surface area (Å²) in [6, 6.07) is 11.7. The molecule has 7 rings (SSSR count). The number of hydrogen-bond donors (Lipinski definition) is 1. The number of halogens is 2. The van der Waals surface area contributed by atoms with E-state index >= 15 is 0 Å². The fourth-order valence-electron chi connectivity index (χ4n) is 5.99. The number of pyridine rings is 1. The molecule has 198 valence electrons. The van der Waals surface area contributed by atoms with Crippen LogP contribution in [0.4, 0.5) is 14.5 Å². The minimum atomic E-state index is -2.49. The molecule has 10 heteroatoms. The molecule has 0 spiro atoms. The first-order chi connectivity index (χ1) is 18.3. The van der Waals surface area contributed by atoms with Crippen LogP contribution in [0.15, 0.2) is 42.7 Å². The maximum absolute atomic E-state index is 13.6. The second-order valence-corrected chi connectivity index (χ2v) is 11.5. The van der Waals surface area contributed by atoms with E-state index in [0.717, 1.165) is 35.5 Å². The molecule has 38 heavy (non-hydrogen) atoms. The number of hydrogen-bond acceptors (Lipinski definition) is 6. The third-order valence-corrected chi connectivity index (χ3v) is 8.61. The van der Waals surface area contributed by atoms with Crippen LogP contribution in [0.25, 0.3) is 0 Å². The van der Waals surface area contributed by atoms with Gasteiger partial charge in [0.2, 0.25) is 0 Å². The number of likely N-dealkylation sites (tertiary alicyclic amines) is 1. The highest BCUT2D eigenvalue weighted by Gasteiger charge is 2.71. The van der Waals surface area contributed by atoms with Gasteiger partial charge in [0.05, 0.1) is 13.2 Å². The van der Waals surface area contributed by atoms with E-state index in [9.17, 15) is 13.6 Å². The Labute approximate surface area is 219 Å². The third kappa shape index (κ3) is 4.19. The second-order valence-electron chi connectivity index (χ2n) is 11.5. The topological polar surface area (TPSA) is 85.2 Å². The van der Waals surface area contributed by atoms with Crippen molar-refractivity contribution >= 4 is 11.6 Å². The van der Waals surface area contributed by atoms with Crippen LogP contribution in [-0.2, 0) is 30.2 Å². The Balaban J connectivity index is 1.09. The average molecular weight is 521 g/mol. The Kier molecular flexibility index (Phi) is 5.42.